The second-order valence-electron chi connectivity index (χ2n) is 7.20. The normalized spacial score (nSPS) is 15.1. The van der Waals surface area contributed by atoms with Gasteiger partial charge in [-0.1, -0.05) is 12.1 Å². The van der Waals surface area contributed by atoms with Gasteiger partial charge in [0.2, 0.25) is 17.6 Å². The van der Waals surface area contributed by atoms with E-state index >= 15 is 0 Å². The van der Waals surface area contributed by atoms with E-state index in [0.29, 0.717) is 5.75 Å². The molecule has 11 nitrogen and oxygen atoms in total. The van der Waals surface area contributed by atoms with E-state index < -0.39 is 29.7 Å². The third-order valence-corrected chi connectivity index (χ3v) is 5.25. The number of nitrogens with one attached hydrogen (secondary N) is 1. The highest BCUT2D eigenvalue weighted by Crippen LogP contribution is 2.38. The Morgan fingerprint density at radius 3 is 2.06 bits per heavy atom. The van der Waals surface area contributed by atoms with Crippen molar-refractivity contribution in [3.8, 4) is 23.0 Å². The number of carbonyl (C=O) groups is 4. The highest BCUT2D eigenvalue weighted by Gasteiger charge is 2.45. The first kappa shape index (κ1) is 24.4. The lowest BCUT2D eigenvalue weighted by Crippen LogP contribution is -2.54. The van der Waals surface area contributed by atoms with E-state index in [1.54, 1.807) is 24.3 Å². The minimum Gasteiger partial charge on any atom is -0.495 e. The standard InChI is InChI=1S/C23H25N3O8/c1-13(27)26(24-22(29)14-10-18(32-3)21(34-5)19(11-14)33-4)16-12-20(28)25(23(16)30)15-8-6-7-9-17(15)31-2/h6-11,16H,12H2,1-5H3,(H,24,29)/t16-/m0/s1. The molecule has 2 aromatic rings. The van der Waals surface area contributed by atoms with Crippen molar-refractivity contribution in [3.63, 3.8) is 0 Å². The number of imide groups is 1. The molecule has 1 saturated heterocycles. The van der Waals surface area contributed by atoms with Crippen LogP contribution in [0.5, 0.6) is 23.0 Å². The molecule has 1 N–H and O–H groups in total. The lowest BCUT2D eigenvalue weighted by atomic mass is 10.1. The SMILES string of the molecule is COc1ccccc1N1C(=O)C[C@H](N(NC(=O)c2cc(OC)c(OC)c(OC)c2)C(C)=O)C1=O. The van der Waals surface area contributed by atoms with Gasteiger partial charge in [0.25, 0.3) is 11.8 Å². The summed E-state index contributed by atoms with van der Waals surface area (Å²) in [5.41, 5.74) is 2.76. The average molecular weight is 471 g/mol. The molecular formula is C23H25N3O8. The van der Waals surface area contributed by atoms with Gasteiger partial charge in [-0.2, -0.15) is 0 Å². The van der Waals surface area contributed by atoms with Gasteiger partial charge in [-0.3, -0.25) is 24.6 Å². The number of benzene rings is 2. The van der Waals surface area contributed by atoms with E-state index in [0.717, 1.165) is 9.91 Å². The fraction of sp³-hybridized carbons (Fsp3) is 0.304. The van der Waals surface area contributed by atoms with E-state index in [2.05, 4.69) is 5.43 Å². The molecular weight excluding hydrogens is 446 g/mol. The molecule has 0 aromatic heterocycles. The molecule has 0 bridgehead atoms. The number of methoxy groups -OCH3 is 4. The molecule has 1 atom stereocenters. The molecule has 4 amide bonds. The Labute approximate surface area is 196 Å². The van der Waals surface area contributed by atoms with Gasteiger partial charge >= 0.3 is 0 Å². The molecule has 3 rings (SSSR count). The molecule has 0 aliphatic carbocycles. The molecule has 1 heterocycles. The van der Waals surface area contributed by atoms with Gasteiger partial charge in [0.05, 0.1) is 40.5 Å². The summed E-state index contributed by atoms with van der Waals surface area (Å²) in [5, 5.41) is 0.848. The Balaban J connectivity index is 1.90. The van der Waals surface area contributed by atoms with Crippen molar-refractivity contribution in [2.75, 3.05) is 33.3 Å². The summed E-state index contributed by atoms with van der Waals surface area (Å²) in [5.74, 6) is -1.48. The maximum absolute atomic E-state index is 13.2. The van der Waals surface area contributed by atoms with Crippen LogP contribution in [-0.2, 0) is 14.4 Å². The largest absolute Gasteiger partial charge is 0.495 e. The number of amides is 4. The number of anilines is 1. The van der Waals surface area contributed by atoms with Gasteiger partial charge in [-0.15, -0.1) is 0 Å². The predicted molar refractivity (Wildman–Crippen MR) is 120 cm³/mol. The van der Waals surface area contributed by atoms with E-state index in [4.69, 9.17) is 18.9 Å². The third-order valence-electron chi connectivity index (χ3n) is 5.25. The van der Waals surface area contributed by atoms with Crippen molar-refractivity contribution in [3.05, 3.63) is 42.0 Å². The zero-order chi connectivity index (χ0) is 25.0. The van der Waals surface area contributed by atoms with Crippen molar-refractivity contribution >= 4 is 29.3 Å². The minimum atomic E-state index is -1.24. The van der Waals surface area contributed by atoms with Crippen LogP contribution in [0.1, 0.15) is 23.7 Å². The number of carbonyl (C=O) groups excluding carboxylic acids is 4. The van der Waals surface area contributed by atoms with Crippen LogP contribution in [0.4, 0.5) is 5.69 Å². The Morgan fingerprint density at radius 2 is 1.53 bits per heavy atom. The first-order valence-electron chi connectivity index (χ1n) is 10.2. The number of hydrazine groups is 1. The average Bonchev–Trinajstić information content (AvgIpc) is 3.13. The summed E-state index contributed by atoms with van der Waals surface area (Å²) >= 11 is 0. The summed E-state index contributed by atoms with van der Waals surface area (Å²) in [6.07, 6.45) is -0.313. The number of para-hydroxylation sites is 2. The highest BCUT2D eigenvalue weighted by molar-refractivity contribution is 6.23. The smallest absolute Gasteiger partial charge is 0.270 e. The molecule has 0 radical (unpaired) electrons. The fourth-order valence-corrected chi connectivity index (χ4v) is 3.65. The van der Waals surface area contributed by atoms with E-state index in [9.17, 15) is 19.2 Å². The van der Waals surface area contributed by atoms with Crippen molar-refractivity contribution < 1.29 is 38.1 Å². The Morgan fingerprint density at radius 1 is 0.941 bits per heavy atom. The molecule has 0 spiro atoms. The molecule has 0 unspecified atom stereocenters. The zero-order valence-corrected chi connectivity index (χ0v) is 19.4. The molecule has 34 heavy (non-hydrogen) atoms. The second kappa shape index (κ2) is 10.1. The van der Waals surface area contributed by atoms with E-state index in [-0.39, 0.29) is 34.9 Å². The van der Waals surface area contributed by atoms with E-state index in [1.165, 1.54) is 47.5 Å². The van der Waals surface area contributed by atoms with Crippen LogP contribution in [-0.4, -0.2) is 63.1 Å². The molecule has 180 valence electrons. The van der Waals surface area contributed by atoms with Gasteiger partial charge in [0, 0.05) is 12.5 Å². The molecule has 2 aromatic carbocycles. The summed E-state index contributed by atoms with van der Waals surface area (Å²) in [6.45, 7) is 1.18. The topological polar surface area (TPSA) is 124 Å². The molecule has 1 fully saturated rings. The van der Waals surface area contributed by atoms with Crippen LogP contribution in [0.25, 0.3) is 0 Å². The fourth-order valence-electron chi connectivity index (χ4n) is 3.65. The quantitative estimate of drug-likeness (QED) is 0.477. The Kier molecular flexibility index (Phi) is 7.24. The Bertz CT molecular complexity index is 1110. The predicted octanol–water partition coefficient (Wildman–Crippen LogP) is 1.55. The first-order valence-corrected chi connectivity index (χ1v) is 10.2. The summed E-state index contributed by atoms with van der Waals surface area (Å²) in [7, 11) is 5.64. The van der Waals surface area contributed by atoms with Crippen LogP contribution in [0.2, 0.25) is 0 Å². The van der Waals surface area contributed by atoms with Crippen molar-refractivity contribution in [2.45, 2.75) is 19.4 Å². The molecule has 0 saturated carbocycles. The van der Waals surface area contributed by atoms with Crippen LogP contribution in [0, 0.1) is 0 Å². The zero-order valence-electron chi connectivity index (χ0n) is 19.4. The molecule has 1 aliphatic rings. The van der Waals surface area contributed by atoms with E-state index in [1.807, 2.05) is 0 Å². The minimum absolute atomic E-state index is 0.0825. The van der Waals surface area contributed by atoms with Crippen LogP contribution in [0.3, 0.4) is 0 Å². The van der Waals surface area contributed by atoms with Gasteiger partial charge in [0.15, 0.2) is 11.5 Å². The number of nitrogens with zero attached hydrogens (tertiary/aromatic N) is 2. The first-order chi connectivity index (χ1) is 16.3. The summed E-state index contributed by atoms with van der Waals surface area (Å²) in [4.78, 5) is 52.3. The van der Waals surface area contributed by atoms with Gasteiger partial charge in [-0.05, 0) is 24.3 Å². The second-order valence-corrected chi connectivity index (χ2v) is 7.20. The van der Waals surface area contributed by atoms with Crippen LogP contribution in [0.15, 0.2) is 36.4 Å². The van der Waals surface area contributed by atoms with Crippen molar-refractivity contribution in [2.24, 2.45) is 0 Å². The molecule has 11 heteroatoms. The number of hydrogen-bond acceptors (Lipinski definition) is 8. The lowest BCUT2D eigenvalue weighted by molar-refractivity contribution is -0.139. The van der Waals surface area contributed by atoms with Crippen molar-refractivity contribution in [1.82, 2.24) is 10.4 Å². The van der Waals surface area contributed by atoms with Gasteiger partial charge in [-0.25, -0.2) is 9.91 Å². The number of ether oxygens (including phenoxy) is 4. The number of hydrogen-bond donors (Lipinski definition) is 1. The van der Waals surface area contributed by atoms with Crippen molar-refractivity contribution in [1.29, 1.82) is 0 Å². The third kappa shape index (κ3) is 4.45. The van der Waals surface area contributed by atoms with Gasteiger partial charge in [0.1, 0.15) is 11.8 Å². The summed E-state index contributed by atoms with van der Waals surface area (Å²) in [6, 6.07) is 8.09. The van der Waals surface area contributed by atoms with Gasteiger partial charge < -0.3 is 18.9 Å². The lowest BCUT2D eigenvalue weighted by Gasteiger charge is -2.27. The maximum atomic E-state index is 13.2. The summed E-state index contributed by atoms with van der Waals surface area (Å²) < 4.78 is 21.0. The number of rotatable bonds is 7. The highest BCUT2D eigenvalue weighted by atomic mass is 16.5. The monoisotopic (exact) mass is 471 g/mol. The molecule has 1 aliphatic heterocycles. The Hall–Kier alpha value is -4.28. The van der Waals surface area contributed by atoms with Crippen LogP contribution < -0.4 is 29.3 Å². The maximum Gasteiger partial charge on any atom is 0.270 e. The van der Waals surface area contributed by atoms with Crippen LogP contribution >= 0.6 is 0 Å².